The molecule has 1 aromatic rings. The van der Waals surface area contributed by atoms with Crippen molar-refractivity contribution in [2.45, 2.75) is 25.8 Å². The molecule has 2 heterocycles. The molecule has 0 aliphatic carbocycles. The van der Waals surface area contributed by atoms with E-state index in [4.69, 9.17) is 0 Å². The van der Waals surface area contributed by atoms with Gasteiger partial charge in [0.05, 0.1) is 17.9 Å². The van der Waals surface area contributed by atoms with Crippen LogP contribution >= 0.6 is 0 Å². The third-order valence-corrected chi connectivity index (χ3v) is 6.09. The van der Waals surface area contributed by atoms with Gasteiger partial charge in [-0.1, -0.05) is 0 Å². The summed E-state index contributed by atoms with van der Waals surface area (Å²) in [4.78, 5) is 25.5. The van der Waals surface area contributed by atoms with Crippen LogP contribution < -0.4 is 4.31 Å². The van der Waals surface area contributed by atoms with Crippen LogP contribution in [-0.2, 0) is 21.2 Å². The van der Waals surface area contributed by atoms with E-state index in [9.17, 15) is 23.1 Å². The third-order valence-electron chi connectivity index (χ3n) is 4.91. The van der Waals surface area contributed by atoms with Crippen molar-refractivity contribution in [3.8, 4) is 0 Å². The minimum atomic E-state index is -3.32. The van der Waals surface area contributed by atoms with Gasteiger partial charge in [0.2, 0.25) is 10.0 Å². The Kier molecular flexibility index (Phi) is 4.03. The van der Waals surface area contributed by atoms with Crippen LogP contribution in [0.2, 0.25) is 0 Å². The summed E-state index contributed by atoms with van der Waals surface area (Å²) in [6.07, 6.45) is 2.19. The number of amides is 1. The zero-order valence-corrected chi connectivity index (χ0v) is 14.4. The number of benzene rings is 1. The molecule has 1 fully saturated rings. The van der Waals surface area contributed by atoms with Crippen molar-refractivity contribution in [2.75, 3.05) is 23.7 Å². The van der Waals surface area contributed by atoms with Crippen molar-refractivity contribution >= 4 is 27.6 Å². The minimum Gasteiger partial charge on any atom is -0.481 e. The molecule has 2 atom stereocenters. The number of nitrogens with zero attached hydrogens (tertiary/aromatic N) is 2. The van der Waals surface area contributed by atoms with Gasteiger partial charge >= 0.3 is 5.97 Å². The summed E-state index contributed by atoms with van der Waals surface area (Å²) in [6, 6.07) is 4.65. The molecule has 3 rings (SSSR count). The molecule has 2 aliphatic heterocycles. The molecule has 0 saturated carbocycles. The zero-order valence-electron chi connectivity index (χ0n) is 13.6. The molecule has 0 spiro atoms. The van der Waals surface area contributed by atoms with Gasteiger partial charge in [0.15, 0.2) is 0 Å². The Morgan fingerprint density at radius 3 is 2.54 bits per heavy atom. The van der Waals surface area contributed by atoms with Crippen LogP contribution in [0.5, 0.6) is 0 Å². The molecule has 2 aliphatic rings. The van der Waals surface area contributed by atoms with E-state index in [1.165, 1.54) is 10.6 Å². The van der Waals surface area contributed by atoms with E-state index < -0.39 is 21.9 Å². The van der Waals surface area contributed by atoms with Crippen LogP contribution in [-0.4, -0.2) is 55.7 Å². The number of hydrogen-bond acceptors (Lipinski definition) is 4. The zero-order chi connectivity index (χ0) is 17.6. The topological polar surface area (TPSA) is 95.0 Å². The Morgan fingerprint density at radius 2 is 1.96 bits per heavy atom. The molecule has 1 N–H and O–H groups in total. The number of carboxylic acids is 1. The van der Waals surface area contributed by atoms with Gasteiger partial charge in [-0.25, -0.2) is 8.42 Å². The standard InChI is InChI=1S/C16H20N2O5S/c1-10-13(16(20)21)6-7-17(10)15(19)12-3-4-14-11(9-12)5-8-18(14)24(2,22)23/h3-4,9-10,13H,5-8H2,1-2H3,(H,20,21). The number of fused-ring (bicyclic) bond motifs is 1. The van der Waals surface area contributed by atoms with Crippen molar-refractivity contribution in [3.63, 3.8) is 0 Å². The first-order valence-corrected chi connectivity index (χ1v) is 9.69. The fourth-order valence-electron chi connectivity index (χ4n) is 3.57. The molecule has 8 heteroatoms. The van der Waals surface area contributed by atoms with E-state index >= 15 is 0 Å². The van der Waals surface area contributed by atoms with Crippen LogP contribution in [0, 0.1) is 5.92 Å². The van der Waals surface area contributed by atoms with Crippen LogP contribution in [0.25, 0.3) is 0 Å². The maximum absolute atomic E-state index is 12.7. The summed E-state index contributed by atoms with van der Waals surface area (Å²) in [5.41, 5.74) is 1.92. The SMILES string of the molecule is CC1C(C(=O)O)CCN1C(=O)c1ccc2c(c1)CCN2S(C)(=O)=O. The average Bonchev–Trinajstić information content (AvgIpc) is 3.08. The lowest BCUT2D eigenvalue weighted by atomic mass is 10.0. The van der Waals surface area contributed by atoms with Crippen LogP contribution in [0.1, 0.15) is 29.3 Å². The molecular weight excluding hydrogens is 332 g/mol. The highest BCUT2D eigenvalue weighted by Crippen LogP contribution is 2.32. The third kappa shape index (κ3) is 2.75. The maximum atomic E-state index is 12.7. The second-order valence-corrected chi connectivity index (χ2v) is 8.31. The molecule has 130 valence electrons. The van der Waals surface area contributed by atoms with Gasteiger partial charge in [-0.05, 0) is 43.5 Å². The molecule has 0 bridgehead atoms. The second-order valence-electron chi connectivity index (χ2n) is 6.40. The van der Waals surface area contributed by atoms with Gasteiger partial charge < -0.3 is 10.0 Å². The first-order chi connectivity index (χ1) is 11.2. The number of carbonyl (C=O) groups is 2. The lowest BCUT2D eigenvalue weighted by Gasteiger charge is -2.24. The first-order valence-electron chi connectivity index (χ1n) is 7.84. The van der Waals surface area contributed by atoms with E-state index in [1.807, 2.05) is 0 Å². The van der Waals surface area contributed by atoms with Crippen molar-refractivity contribution in [1.82, 2.24) is 4.90 Å². The Morgan fingerprint density at radius 1 is 1.25 bits per heavy atom. The quantitative estimate of drug-likeness (QED) is 0.874. The van der Waals surface area contributed by atoms with Gasteiger partial charge in [0.25, 0.3) is 5.91 Å². The monoisotopic (exact) mass is 352 g/mol. The van der Waals surface area contributed by atoms with Gasteiger partial charge in [-0.2, -0.15) is 0 Å². The highest BCUT2D eigenvalue weighted by molar-refractivity contribution is 7.92. The lowest BCUT2D eigenvalue weighted by molar-refractivity contribution is -0.142. The number of carbonyl (C=O) groups excluding carboxylic acids is 1. The fraction of sp³-hybridized carbons (Fsp3) is 0.500. The number of hydrogen-bond donors (Lipinski definition) is 1. The maximum Gasteiger partial charge on any atom is 0.308 e. The van der Waals surface area contributed by atoms with Crippen molar-refractivity contribution in [2.24, 2.45) is 5.92 Å². The van der Waals surface area contributed by atoms with Gasteiger partial charge in [0.1, 0.15) is 0 Å². The average molecular weight is 352 g/mol. The number of likely N-dealkylation sites (tertiary alicyclic amines) is 1. The van der Waals surface area contributed by atoms with Crippen LogP contribution in [0.15, 0.2) is 18.2 Å². The van der Waals surface area contributed by atoms with Gasteiger partial charge in [-0.3, -0.25) is 13.9 Å². The molecule has 2 unspecified atom stereocenters. The molecular formula is C16H20N2O5S. The minimum absolute atomic E-state index is 0.202. The van der Waals surface area contributed by atoms with Crippen molar-refractivity contribution in [1.29, 1.82) is 0 Å². The Hall–Kier alpha value is -2.09. The van der Waals surface area contributed by atoms with Crippen LogP contribution in [0.4, 0.5) is 5.69 Å². The molecule has 0 radical (unpaired) electrons. The van der Waals surface area contributed by atoms with Crippen LogP contribution in [0.3, 0.4) is 0 Å². The fourth-order valence-corrected chi connectivity index (χ4v) is 4.53. The molecule has 1 amide bonds. The van der Waals surface area contributed by atoms with E-state index in [2.05, 4.69) is 0 Å². The molecule has 1 saturated heterocycles. The number of aliphatic carboxylic acids is 1. The molecule has 24 heavy (non-hydrogen) atoms. The summed E-state index contributed by atoms with van der Waals surface area (Å²) < 4.78 is 24.9. The smallest absolute Gasteiger partial charge is 0.308 e. The van der Waals surface area contributed by atoms with E-state index in [0.29, 0.717) is 37.2 Å². The van der Waals surface area contributed by atoms with E-state index in [0.717, 1.165) is 5.56 Å². The normalized spacial score (nSPS) is 23.4. The summed E-state index contributed by atoms with van der Waals surface area (Å²) in [5.74, 6) is -1.62. The highest BCUT2D eigenvalue weighted by atomic mass is 32.2. The van der Waals surface area contributed by atoms with E-state index in [-0.39, 0.29) is 11.9 Å². The largest absolute Gasteiger partial charge is 0.481 e. The second kappa shape index (κ2) is 5.77. The summed E-state index contributed by atoms with van der Waals surface area (Å²) in [5, 5.41) is 9.19. The predicted molar refractivity (Wildman–Crippen MR) is 88.6 cm³/mol. The van der Waals surface area contributed by atoms with Gasteiger partial charge in [-0.15, -0.1) is 0 Å². The van der Waals surface area contributed by atoms with E-state index in [1.54, 1.807) is 30.0 Å². The molecule has 1 aromatic carbocycles. The summed E-state index contributed by atoms with van der Waals surface area (Å²) in [6.45, 7) is 2.55. The molecule has 0 aromatic heterocycles. The summed E-state index contributed by atoms with van der Waals surface area (Å²) in [7, 11) is -3.32. The number of anilines is 1. The number of sulfonamides is 1. The van der Waals surface area contributed by atoms with Gasteiger partial charge in [0, 0.05) is 24.7 Å². The number of rotatable bonds is 3. The Labute approximate surface area is 140 Å². The van der Waals surface area contributed by atoms with Crippen molar-refractivity contribution in [3.05, 3.63) is 29.3 Å². The first kappa shape index (κ1) is 16.8. The lowest BCUT2D eigenvalue weighted by Crippen LogP contribution is -2.37. The number of carboxylic acid groups (broad SMARTS) is 1. The highest BCUT2D eigenvalue weighted by Gasteiger charge is 2.38. The Bertz CT molecular complexity index is 805. The Balaban J connectivity index is 1.85. The van der Waals surface area contributed by atoms with Crippen molar-refractivity contribution < 1.29 is 23.1 Å². The molecule has 7 nitrogen and oxygen atoms in total. The summed E-state index contributed by atoms with van der Waals surface area (Å²) >= 11 is 0. The predicted octanol–water partition coefficient (Wildman–Crippen LogP) is 0.944.